The van der Waals surface area contributed by atoms with E-state index in [0.29, 0.717) is 11.7 Å². The average Bonchev–Trinajstić information content (AvgIpc) is 2.58. The molecule has 0 aromatic heterocycles. The third kappa shape index (κ3) is 6.06. The lowest BCUT2D eigenvalue weighted by molar-refractivity contribution is 0.861. The van der Waals surface area contributed by atoms with Crippen molar-refractivity contribution in [2.24, 2.45) is 5.10 Å². The second-order valence-electron chi connectivity index (χ2n) is 5.11. The molecule has 114 valence electrons. The minimum absolute atomic E-state index is 0.544. The first-order valence-electron chi connectivity index (χ1n) is 7.39. The van der Waals surface area contributed by atoms with Gasteiger partial charge >= 0.3 is 0 Å². The summed E-state index contributed by atoms with van der Waals surface area (Å²) in [7, 11) is 0. The summed E-state index contributed by atoms with van der Waals surface area (Å²) in [6.07, 6.45) is 1.90. The monoisotopic (exact) mass is 311 g/mol. The molecule has 0 atom stereocenters. The van der Waals surface area contributed by atoms with Gasteiger partial charge in [0, 0.05) is 12.3 Å². The number of hydrogen-bond donors (Lipinski definition) is 2. The number of hydrazone groups is 1. The Labute approximate surface area is 137 Å². The van der Waals surface area contributed by atoms with Crippen molar-refractivity contribution in [2.75, 3.05) is 0 Å². The third-order valence-electron chi connectivity index (χ3n) is 3.26. The van der Waals surface area contributed by atoms with Gasteiger partial charge in [0.05, 0.1) is 0 Å². The van der Waals surface area contributed by atoms with E-state index in [9.17, 15) is 0 Å². The van der Waals surface area contributed by atoms with Crippen molar-refractivity contribution in [3.05, 3.63) is 71.8 Å². The van der Waals surface area contributed by atoms with Gasteiger partial charge in [-0.15, -0.1) is 0 Å². The molecular weight excluding hydrogens is 290 g/mol. The minimum atomic E-state index is 0.544. The molecule has 2 aromatic rings. The van der Waals surface area contributed by atoms with E-state index in [2.05, 4.69) is 52.2 Å². The number of nitrogens with one attached hydrogen (secondary N) is 2. The summed E-state index contributed by atoms with van der Waals surface area (Å²) >= 11 is 5.22. The Morgan fingerprint density at radius 1 is 0.955 bits per heavy atom. The highest BCUT2D eigenvalue weighted by Crippen LogP contribution is 2.03. The fraction of sp³-hybridized carbons (Fsp3) is 0.222. The smallest absolute Gasteiger partial charge is 0.187 e. The van der Waals surface area contributed by atoms with Crippen molar-refractivity contribution in [2.45, 2.75) is 26.3 Å². The zero-order valence-corrected chi connectivity index (χ0v) is 13.6. The van der Waals surface area contributed by atoms with Crippen molar-refractivity contribution in [3.8, 4) is 0 Å². The molecule has 0 saturated carbocycles. The van der Waals surface area contributed by atoms with E-state index >= 15 is 0 Å². The van der Waals surface area contributed by atoms with Crippen LogP contribution in [0.4, 0.5) is 0 Å². The molecule has 0 aliphatic rings. The Bertz CT molecular complexity index is 609. The van der Waals surface area contributed by atoms with Crippen LogP contribution < -0.4 is 10.7 Å². The van der Waals surface area contributed by atoms with E-state index in [-0.39, 0.29) is 0 Å². The first-order valence-corrected chi connectivity index (χ1v) is 7.80. The highest BCUT2D eigenvalue weighted by molar-refractivity contribution is 7.80. The molecule has 0 spiro atoms. The molecule has 2 rings (SSSR count). The second kappa shape index (κ2) is 8.95. The van der Waals surface area contributed by atoms with Gasteiger partial charge < -0.3 is 5.32 Å². The Balaban J connectivity index is 1.70. The normalized spacial score (nSPS) is 11.0. The molecule has 2 aromatic carbocycles. The van der Waals surface area contributed by atoms with E-state index in [4.69, 9.17) is 12.2 Å². The Hall–Kier alpha value is -2.20. The van der Waals surface area contributed by atoms with Crippen LogP contribution in [-0.4, -0.2) is 10.8 Å². The predicted octanol–water partition coefficient (Wildman–Crippen LogP) is 3.66. The highest BCUT2D eigenvalue weighted by atomic mass is 32.1. The van der Waals surface area contributed by atoms with Gasteiger partial charge in [-0.05, 0) is 43.1 Å². The zero-order valence-electron chi connectivity index (χ0n) is 12.8. The maximum Gasteiger partial charge on any atom is 0.187 e. The van der Waals surface area contributed by atoms with Crippen LogP contribution in [0.2, 0.25) is 0 Å². The molecule has 0 radical (unpaired) electrons. The summed E-state index contributed by atoms with van der Waals surface area (Å²) in [4.78, 5) is 0. The van der Waals surface area contributed by atoms with Crippen molar-refractivity contribution >= 4 is 23.0 Å². The van der Waals surface area contributed by atoms with Crippen molar-refractivity contribution in [1.29, 1.82) is 0 Å². The van der Waals surface area contributed by atoms with Crippen LogP contribution >= 0.6 is 12.2 Å². The van der Waals surface area contributed by atoms with Crippen LogP contribution in [0, 0.1) is 0 Å². The lowest BCUT2D eigenvalue weighted by Gasteiger charge is -2.08. The molecular formula is C18H21N3S. The van der Waals surface area contributed by atoms with Crippen LogP contribution in [0.3, 0.4) is 0 Å². The standard InChI is InChI=1S/C18H21N3S/c1-15(12-13-16-8-4-2-5-9-16)20-21-18(22)19-14-17-10-6-3-7-11-17/h2-11H,12-14H2,1H3,(H2,19,21,22)/b20-15-. The molecule has 0 fully saturated rings. The summed E-state index contributed by atoms with van der Waals surface area (Å²) in [6.45, 7) is 2.71. The van der Waals surface area contributed by atoms with Gasteiger partial charge in [-0.2, -0.15) is 5.10 Å². The van der Waals surface area contributed by atoms with Gasteiger partial charge in [0.25, 0.3) is 0 Å². The molecule has 0 aliphatic heterocycles. The molecule has 2 N–H and O–H groups in total. The SMILES string of the molecule is C/C(CCc1ccccc1)=N/NC(=S)NCc1ccccc1. The quantitative estimate of drug-likeness (QED) is 0.485. The first-order chi connectivity index (χ1) is 10.7. The van der Waals surface area contributed by atoms with Gasteiger partial charge in [0.2, 0.25) is 0 Å². The van der Waals surface area contributed by atoms with E-state index in [1.165, 1.54) is 11.1 Å². The van der Waals surface area contributed by atoms with Crippen molar-refractivity contribution < 1.29 is 0 Å². The van der Waals surface area contributed by atoms with E-state index in [1.807, 2.05) is 31.2 Å². The molecule has 0 heterocycles. The molecule has 0 aliphatic carbocycles. The molecule has 0 bridgehead atoms. The summed E-state index contributed by atoms with van der Waals surface area (Å²) in [6, 6.07) is 20.6. The van der Waals surface area contributed by atoms with Crippen LogP contribution in [0.25, 0.3) is 0 Å². The topological polar surface area (TPSA) is 36.4 Å². The number of hydrogen-bond acceptors (Lipinski definition) is 2. The lowest BCUT2D eigenvalue weighted by atomic mass is 10.1. The van der Waals surface area contributed by atoms with Gasteiger partial charge in [-0.3, -0.25) is 5.43 Å². The number of benzene rings is 2. The summed E-state index contributed by atoms with van der Waals surface area (Å²) in [5, 5.41) is 8.00. The molecule has 4 heteroatoms. The summed E-state index contributed by atoms with van der Waals surface area (Å²) in [5.74, 6) is 0. The molecule has 22 heavy (non-hydrogen) atoms. The average molecular weight is 311 g/mol. The van der Waals surface area contributed by atoms with Gasteiger partial charge in [-0.25, -0.2) is 0 Å². The van der Waals surface area contributed by atoms with Crippen molar-refractivity contribution in [3.63, 3.8) is 0 Å². The molecule has 0 saturated heterocycles. The molecule has 0 amide bonds. The largest absolute Gasteiger partial charge is 0.357 e. The van der Waals surface area contributed by atoms with Gasteiger partial charge in [0.15, 0.2) is 5.11 Å². The summed E-state index contributed by atoms with van der Waals surface area (Å²) < 4.78 is 0. The number of thiocarbonyl (C=S) groups is 1. The highest BCUT2D eigenvalue weighted by Gasteiger charge is 1.97. The van der Waals surface area contributed by atoms with E-state index in [0.717, 1.165) is 18.6 Å². The Kier molecular flexibility index (Phi) is 6.58. The predicted molar refractivity (Wildman–Crippen MR) is 96.9 cm³/mol. The Morgan fingerprint density at radius 2 is 1.55 bits per heavy atom. The van der Waals surface area contributed by atoms with Gasteiger partial charge in [0.1, 0.15) is 0 Å². The van der Waals surface area contributed by atoms with Crippen LogP contribution in [0.15, 0.2) is 65.8 Å². The fourth-order valence-corrected chi connectivity index (χ4v) is 2.11. The van der Waals surface area contributed by atoms with Crippen molar-refractivity contribution in [1.82, 2.24) is 10.7 Å². The van der Waals surface area contributed by atoms with Gasteiger partial charge in [-0.1, -0.05) is 60.7 Å². The maximum atomic E-state index is 5.22. The van der Waals surface area contributed by atoms with Crippen LogP contribution in [-0.2, 0) is 13.0 Å². The maximum absolute atomic E-state index is 5.22. The number of rotatable bonds is 6. The number of aryl methyl sites for hydroxylation is 1. The first kappa shape index (κ1) is 16.2. The fourth-order valence-electron chi connectivity index (χ4n) is 1.99. The number of nitrogens with zero attached hydrogens (tertiary/aromatic N) is 1. The second-order valence-corrected chi connectivity index (χ2v) is 5.52. The zero-order chi connectivity index (χ0) is 15.6. The lowest BCUT2D eigenvalue weighted by Crippen LogP contribution is -2.32. The van der Waals surface area contributed by atoms with E-state index in [1.54, 1.807) is 0 Å². The third-order valence-corrected chi connectivity index (χ3v) is 3.50. The van der Waals surface area contributed by atoms with Crippen LogP contribution in [0.5, 0.6) is 0 Å². The molecule has 3 nitrogen and oxygen atoms in total. The Morgan fingerprint density at radius 3 is 2.18 bits per heavy atom. The summed E-state index contributed by atoms with van der Waals surface area (Å²) in [5.41, 5.74) is 6.44. The molecule has 0 unspecified atom stereocenters. The minimum Gasteiger partial charge on any atom is -0.357 e. The van der Waals surface area contributed by atoms with E-state index < -0.39 is 0 Å². The van der Waals surface area contributed by atoms with Crippen LogP contribution in [0.1, 0.15) is 24.5 Å².